The Morgan fingerprint density at radius 1 is 0.495 bits per heavy atom. The fourth-order valence-electron chi connectivity index (χ4n) is 8.58. The number of nitrogens with zero attached hydrogens (tertiary/aromatic N) is 5. The molecule has 0 unspecified atom stereocenters. The Balaban J connectivity index is 0.000000174. The number of phenolic OH excluding ortho intramolecular Hbond substituents is 3. The predicted molar refractivity (Wildman–Crippen MR) is 413 cm³/mol. The van der Waals surface area contributed by atoms with Gasteiger partial charge in [-0.3, -0.25) is 28.9 Å². The Morgan fingerprint density at radius 2 is 0.929 bits per heavy atom. The Morgan fingerprint density at radius 3 is 1.43 bits per heavy atom. The lowest BCUT2D eigenvalue weighted by Gasteiger charge is -2.10. The number of carbonyl (C=O) groups excluding carboxylic acids is 2. The SMILES string of the molecule is CNC(=O)c1cc(Cl)ccn1.CNC(=O)c1cc(Oc2ccc3nc(Nc4ccc(Br)c(C)c4)ccc3c2)ccn1.Cc1cc(N)ccc1Br.Cc1cc(Nc2ccc3cc(O)ccc3n2)ccc1Br.O=P(Cl)(Cl)Cl.O=c1ccc2cc(O)ccc2[nH]1.Oc1ccc2nc(Cl)ccc2c1. The third-order valence-electron chi connectivity index (χ3n) is 13.3. The van der Waals surface area contributed by atoms with Crippen molar-refractivity contribution in [3.05, 3.63) is 275 Å². The van der Waals surface area contributed by atoms with Crippen LogP contribution in [0.25, 0.3) is 43.6 Å². The second kappa shape index (κ2) is 37.2. The number of nitrogens with one attached hydrogen (secondary N) is 5. The minimum absolute atomic E-state index is 0.131. The predicted octanol–water partition coefficient (Wildman–Crippen LogP) is 20.4. The largest absolute Gasteiger partial charge is 0.508 e. The third-order valence-corrected chi connectivity index (χ3v) is 16.4. The van der Waals surface area contributed by atoms with E-state index in [0.29, 0.717) is 33.1 Å². The van der Waals surface area contributed by atoms with E-state index in [1.54, 1.807) is 93.1 Å². The molecule has 0 saturated carbocycles. The van der Waals surface area contributed by atoms with E-state index >= 15 is 0 Å². The lowest BCUT2D eigenvalue weighted by Crippen LogP contribution is -2.18. The summed E-state index contributed by atoms with van der Waals surface area (Å²) in [7, 11) is 3.11. The molecule has 28 heteroatoms. The van der Waals surface area contributed by atoms with Gasteiger partial charge in [-0.15, -0.1) is 0 Å². The Hall–Kier alpha value is -9.06. The number of pyridine rings is 6. The number of halogens is 8. The van der Waals surface area contributed by atoms with Gasteiger partial charge in [0.1, 0.15) is 56.9 Å². The highest BCUT2D eigenvalue weighted by molar-refractivity contribution is 9.11. The van der Waals surface area contributed by atoms with Gasteiger partial charge in [-0.2, -0.15) is 0 Å². The van der Waals surface area contributed by atoms with E-state index in [1.807, 2.05) is 118 Å². The first-order valence-electron chi connectivity index (χ1n) is 29.1. The number of aromatic nitrogens is 6. The fraction of sp³-hybridized carbons (Fsp3) is 0.0704. The minimum Gasteiger partial charge on any atom is -0.508 e. The van der Waals surface area contributed by atoms with Crippen molar-refractivity contribution in [3.63, 3.8) is 0 Å². The highest BCUT2D eigenvalue weighted by Crippen LogP contribution is 2.61. The van der Waals surface area contributed by atoms with Crippen molar-refractivity contribution < 1.29 is 34.2 Å². The van der Waals surface area contributed by atoms with Crippen LogP contribution in [0.1, 0.15) is 37.7 Å². The van der Waals surface area contributed by atoms with E-state index in [-0.39, 0.29) is 34.6 Å². The summed E-state index contributed by atoms with van der Waals surface area (Å²) in [6.07, 6.45) is 3.04. The van der Waals surface area contributed by atoms with Crippen LogP contribution in [0.3, 0.4) is 0 Å². The summed E-state index contributed by atoms with van der Waals surface area (Å²) in [5.41, 5.74) is 15.5. The minimum atomic E-state index is -3.22. The van der Waals surface area contributed by atoms with Crippen LogP contribution in [0.4, 0.5) is 28.7 Å². The zero-order valence-electron chi connectivity index (χ0n) is 52.9. The van der Waals surface area contributed by atoms with Gasteiger partial charge in [-0.1, -0.05) is 71.0 Å². The summed E-state index contributed by atoms with van der Waals surface area (Å²) in [6, 6.07) is 59.4. The van der Waals surface area contributed by atoms with Crippen molar-refractivity contribution in [2.75, 3.05) is 30.5 Å². The number of aryl methyl sites for hydroxylation is 3. The molecule has 0 aliphatic rings. The Bertz CT molecular complexity index is 5070. The lowest BCUT2D eigenvalue weighted by atomic mass is 10.2. The molecule has 0 bridgehead atoms. The molecule has 6 heterocycles. The molecule has 99 heavy (non-hydrogen) atoms. The van der Waals surface area contributed by atoms with Crippen LogP contribution in [-0.4, -0.2) is 71.1 Å². The van der Waals surface area contributed by atoms with Crippen molar-refractivity contribution in [2.45, 2.75) is 20.8 Å². The molecule has 13 aromatic rings. The monoisotopic (exact) mass is 1640 g/mol. The first kappa shape index (κ1) is 77.3. The molecule has 13 rings (SSSR count). The lowest BCUT2D eigenvalue weighted by molar-refractivity contribution is 0.0950. The normalized spacial score (nSPS) is 10.4. The van der Waals surface area contributed by atoms with Crippen molar-refractivity contribution in [1.29, 1.82) is 0 Å². The van der Waals surface area contributed by atoms with Gasteiger partial charge in [0.15, 0.2) is 0 Å². The molecule has 0 saturated heterocycles. The quantitative estimate of drug-likeness (QED) is 0.0388. The zero-order valence-corrected chi connectivity index (χ0v) is 62.3. The number of anilines is 5. The van der Waals surface area contributed by atoms with Crippen LogP contribution in [0.5, 0.6) is 28.7 Å². The van der Waals surface area contributed by atoms with Crippen LogP contribution < -0.4 is 37.3 Å². The Labute approximate surface area is 618 Å². The summed E-state index contributed by atoms with van der Waals surface area (Å²) >= 11 is 35.5. The number of ether oxygens (including phenoxy) is 1. The zero-order chi connectivity index (χ0) is 71.9. The maximum absolute atomic E-state index is 11.7. The van der Waals surface area contributed by atoms with Gasteiger partial charge in [0.05, 0.1) is 16.6 Å². The number of H-pyrrole nitrogens is 1. The van der Waals surface area contributed by atoms with E-state index in [9.17, 15) is 24.1 Å². The molecule has 6 aromatic heterocycles. The molecule has 508 valence electrons. The van der Waals surface area contributed by atoms with E-state index in [1.165, 1.54) is 35.5 Å². The van der Waals surface area contributed by atoms with E-state index < -0.39 is 5.20 Å². The average molecular weight is 1640 g/mol. The molecule has 0 aliphatic heterocycles. The fourth-order valence-corrected chi connectivity index (χ4v) is 9.63. The first-order valence-corrected chi connectivity index (χ1v) is 36.7. The van der Waals surface area contributed by atoms with Gasteiger partial charge in [0, 0.05) is 101 Å². The van der Waals surface area contributed by atoms with Crippen LogP contribution in [0.15, 0.2) is 231 Å². The van der Waals surface area contributed by atoms with Crippen molar-refractivity contribution in [2.24, 2.45) is 0 Å². The van der Waals surface area contributed by atoms with Crippen molar-refractivity contribution in [3.8, 4) is 28.7 Å². The van der Waals surface area contributed by atoms with Gasteiger partial charge < -0.3 is 52.0 Å². The summed E-state index contributed by atoms with van der Waals surface area (Å²) in [5.74, 6) is 2.95. The van der Waals surface area contributed by atoms with Crippen LogP contribution in [-0.2, 0) is 4.57 Å². The van der Waals surface area contributed by atoms with Crippen molar-refractivity contribution >= 4 is 194 Å². The summed E-state index contributed by atoms with van der Waals surface area (Å²) < 4.78 is 18.7. The molecule has 0 radical (unpaired) electrons. The van der Waals surface area contributed by atoms with E-state index in [4.69, 9.17) is 43.9 Å². The molecule has 0 aliphatic carbocycles. The van der Waals surface area contributed by atoms with Gasteiger partial charge in [0.25, 0.3) is 11.8 Å². The standard InChI is InChI=1S/C23H19BrN4O2.C16H13BrN2O.C9H6ClNO.C9H7NO2.C7H8BrN.C7H7ClN2O.Cl3OP/c1-14-11-16(4-6-19(14)24)27-22-8-3-15-12-17(5-7-20(15)28-22)30-18-9-10-26-21(13-18)23(29)25-2;1-10-8-12(3-5-14(10)17)18-16-7-2-11-9-13(20)4-6-15(11)19-16;10-9-4-1-6-5-7(12)2-3-8(6)11-9;11-7-2-3-8-6(5-7)1-4-9(12)10-8;1-5-4-6(9)2-3-7(5)8;1-9-7(11)6-4-5(8)2-3-10-6;1-5(2,3)4/h3-13H,1-2H3,(H,25,29)(H,27,28);2-9,20H,1H3,(H,18,19);1-5,12H;1-5,11H,(H,10,12);2-4H,9H2,1H3;2-4H,1H3,(H,9,11);. The number of benzene rings is 7. The molecular formula is C71H60Br3Cl5N11O8P. The number of aromatic hydroxyl groups is 3. The molecule has 0 atom stereocenters. The number of aromatic amines is 1. The average Bonchev–Trinajstić information content (AvgIpc) is 0.838. The van der Waals surface area contributed by atoms with Gasteiger partial charge in [-0.05, 0) is 259 Å². The molecule has 0 fully saturated rings. The number of rotatable bonds is 8. The molecule has 10 N–H and O–H groups in total. The van der Waals surface area contributed by atoms with E-state index in [2.05, 4.69) is 145 Å². The summed E-state index contributed by atoms with van der Waals surface area (Å²) in [6.45, 7) is 6.11. The van der Waals surface area contributed by atoms with Crippen molar-refractivity contribution in [1.82, 2.24) is 40.5 Å². The Kier molecular flexibility index (Phi) is 29.1. The number of nitrogen functional groups attached to an aromatic ring is 1. The molecule has 0 spiro atoms. The second-order valence-electron chi connectivity index (χ2n) is 20.8. The number of phenols is 3. The smallest absolute Gasteiger partial charge is 0.339 e. The first-order chi connectivity index (χ1) is 47.1. The maximum atomic E-state index is 11.7. The second-order valence-corrected chi connectivity index (χ2v) is 30.8. The van der Waals surface area contributed by atoms with Crippen LogP contribution >= 0.6 is 110 Å². The molecule has 19 nitrogen and oxygen atoms in total. The number of hydrogen-bond acceptors (Lipinski definition) is 16. The number of nitrogens with two attached hydrogens (primary N) is 1. The highest BCUT2D eigenvalue weighted by atomic mass is 79.9. The topological polar surface area (TPSA) is 293 Å². The molecule has 2 amide bonds. The number of carbonyl (C=O) groups is 2. The van der Waals surface area contributed by atoms with Crippen LogP contribution in [0, 0.1) is 20.8 Å². The molecular weight excluding hydrogens is 1580 g/mol. The van der Waals surface area contributed by atoms with Gasteiger partial charge in [-0.25, -0.2) is 15.0 Å². The maximum Gasteiger partial charge on any atom is 0.339 e. The third kappa shape index (κ3) is 25.6. The van der Waals surface area contributed by atoms with Gasteiger partial charge in [0.2, 0.25) is 5.56 Å². The summed E-state index contributed by atoms with van der Waals surface area (Å²) in [4.78, 5) is 57.3. The summed E-state index contributed by atoms with van der Waals surface area (Å²) in [5, 5.41) is 40.6. The van der Waals surface area contributed by atoms with Crippen LogP contribution in [0.2, 0.25) is 10.2 Å². The number of hydrogen-bond donors (Lipinski definition) is 9. The highest BCUT2D eigenvalue weighted by Gasteiger charge is 2.10. The van der Waals surface area contributed by atoms with E-state index in [0.717, 1.165) is 91.3 Å². The number of amides is 2. The number of fused-ring (bicyclic) bond motifs is 4. The van der Waals surface area contributed by atoms with Gasteiger partial charge >= 0.3 is 5.20 Å². The molecule has 7 aromatic carbocycles.